The lowest BCUT2D eigenvalue weighted by Crippen LogP contribution is -2.34. The van der Waals surface area contributed by atoms with Crippen LogP contribution in [0, 0.1) is 17.0 Å². The van der Waals surface area contributed by atoms with E-state index in [1.165, 1.54) is 0 Å². The van der Waals surface area contributed by atoms with E-state index in [9.17, 15) is 20.0 Å². The number of aliphatic carboxylic acids is 1. The lowest BCUT2D eigenvalue weighted by atomic mass is 9.83. The van der Waals surface area contributed by atoms with E-state index in [1.54, 1.807) is 32.2 Å². The maximum absolute atomic E-state index is 11.7. The maximum Gasteiger partial charge on any atom is 0.333 e. The van der Waals surface area contributed by atoms with Crippen LogP contribution in [0.3, 0.4) is 0 Å². The summed E-state index contributed by atoms with van der Waals surface area (Å²) in [5.74, 6) is -2.16. The second-order valence-corrected chi connectivity index (χ2v) is 6.98. The SMILES string of the molecule is CCC(c1c(C)ncc2c1C(c1ccc(Cl)cc1)OC2)C(O[N+](=O)[O-])C(=O)O. The number of nitrogens with zero attached hydrogens (tertiary/aromatic N) is 2. The Hall–Kier alpha value is -2.71. The van der Waals surface area contributed by atoms with E-state index >= 15 is 0 Å². The zero-order chi connectivity index (χ0) is 20.4. The van der Waals surface area contributed by atoms with Gasteiger partial charge in [-0.05, 0) is 42.2 Å². The van der Waals surface area contributed by atoms with Crippen LogP contribution < -0.4 is 0 Å². The molecule has 1 N–H and O–H groups in total. The van der Waals surface area contributed by atoms with Crippen molar-refractivity contribution in [1.29, 1.82) is 0 Å². The molecule has 8 nitrogen and oxygen atoms in total. The Balaban J connectivity index is 2.13. The number of hydrogen-bond acceptors (Lipinski definition) is 6. The second kappa shape index (κ2) is 8.12. The van der Waals surface area contributed by atoms with Crippen molar-refractivity contribution in [3.63, 3.8) is 0 Å². The summed E-state index contributed by atoms with van der Waals surface area (Å²) in [6, 6.07) is 7.17. The van der Waals surface area contributed by atoms with Crippen molar-refractivity contribution >= 4 is 17.6 Å². The van der Waals surface area contributed by atoms with Crippen molar-refractivity contribution in [2.75, 3.05) is 0 Å². The van der Waals surface area contributed by atoms with Crippen molar-refractivity contribution in [2.45, 2.75) is 45.0 Å². The molecule has 0 saturated heterocycles. The van der Waals surface area contributed by atoms with Crippen LogP contribution in [0.15, 0.2) is 30.5 Å². The molecule has 0 bridgehead atoms. The smallest absolute Gasteiger partial charge is 0.333 e. The Kier molecular flexibility index (Phi) is 5.81. The van der Waals surface area contributed by atoms with Crippen LogP contribution in [0.1, 0.15) is 53.3 Å². The number of halogens is 1. The first-order chi connectivity index (χ1) is 13.3. The van der Waals surface area contributed by atoms with Crippen LogP contribution in [-0.2, 0) is 21.0 Å². The minimum absolute atomic E-state index is 0.313. The van der Waals surface area contributed by atoms with Crippen LogP contribution in [0.5, 0.6) is 0 Å². The normalized spacial score (nSPS) is 17.6. The molecule has 1 aliphatic heterocycles. The molecule has 1 aromatic carbocycles. The van der Waals surface area contributed by atoms with Crippen LogP contribution in [0.2, 0.25) is 5.02 Å². The highest BCUT2D eigenvalue weighted by molar-refractivity contribution is 6.30. The molecule has 148 valence electrons. The minimum Gasteiger partial charge on any atom is -0.480 e. The number of ether oxygens (including phenoxy) is 1. The predicted octanol–water partition coefficient (Wildman–Crippen LogP) is 3.82. The van der Waals surface area contributed by atoms with E-state index in [0.29, 0.717) is 29.3 Å². The van der Waals surface area contributed by atoms with E-state index < -0.39 is 29.2 Å². The number of fused-ring (bicyclic) bond motifs is 1. The largest absolute Gasteiger partial charge is 0.480 e. The molecule has 9 heteroatoms. The fourth-order valence-electron chi connectivity index (χ4n) is 3.68. The van der Waals surface area contributed by atoms with E-state index in [2.05, 4.69) is 9.82 Å². The topological polar surface area (TPSA) is 112 Å². The Morgan fingerprint density at radius 1 is 1.46 bits per heavy atom. The number of carbonyl (C=O) groups is 1. The van der Waals surface area contributed by atoms with Gasteiger partial charge in [0.15, 0.2) is 0 Å². The lowest BCUT2D eigenvalue weighted by Gasteiger charge is -2.26. The number of pyridine rings is 1. The molecular formula is C19H19ClN2O6. The standard InChI is InChI=1S/C19H19ClN2O6/c1-3-14(18(19(23)24)28-22(25)26)15-10(2)21-8-12-9-27-17(16(12)15)11-4-6-13(20)7-5-11/h4-8,14,17-18H,3,9H2,1-2H3,(H,23,24). The molecule has 3 rings (SSSR count). The van der Waals surface area contributed by atoms with E-state index in [4.69, 9.17) is 16.3 Å². The van der Waals surface area contributed by atoms with Gasteiger partial charge in [-0.3, -0.25) is 9.82 Å². The molecule has 2 heterocycles. The molecular weight excluding hydrogens is 388 g/mol. The number of aryl methyl sites for hydroxylation is 1. The summed E-state index contributed by atoms with van der Waals surface area (Å²) >= 11 is 5.98. The first kappa shape index (κ1) is 20.0. The number of benzene rings is 1. The Morgan fingerprint density at radius 2 is 2.14 bits per heavy atom. The number of carboxylic acids is 1. The first-order valence-electron chi connectivity index (χ1n) is 8.72. The van der Waals surface area contributed by atoms with Crippen molar-refractivity contribution in [1.82, 2.24) is 4.98 Å². The van der Waals surface area contributed by atoms with Gasteiger partial charge < -0.3 is 9.84 Å². The summed E-state index contributed by atoms with van der Waals surface area (Å²) in [7, 11) is 0. The molecule has 2 aromatic rings. The summed E-state index contributed by atoms with van der Waals surface area (Å²) in [6.45, 7) is 3.82. The second-order valence-electron chi connectivity index (χ2n) is 6.54. The molecule has 3 unspecified atom stereocenters. The van der Waals surface area contributed by atoms with Gasteiger partial charge in [-0.1, -0.05) is 30.7 Å². The number of aromatic nitrogens is 1. The third-order valence-corrected chi connectivity index (χ3v) is 5.15. The molecule has 28 heavy (non-hydrogen) atoms. The average molecular weight is 407 g/mol. The Morgan fingerprint density at radius 3 is 2.71 bits per heavy atom. The van der Waals surface area contributed by atoms with E-state index in [0.717, 1.165) is 16.7 Å². The summed E-state index contributed by atoms with van der Waals surface area (Å²) in [6.07, 6.45) is -0.0700. The summed E-state index contributed by atoms with van der Waals surface area (Å²) in [4.78, 5) is 31.5. The highest BCUT2D eigenvalue weighted by atomic mass is 35.5. The van der Waals surface area contributed by atoms with Crippen molar-refractivity contribution in [3.8, 4) is 0 Å². The van der Waals surface area contributed by atoms with Crippen LogP contribution in [-0.4, -0.2) is 27.3 Å². The van der Waals surface area contributed by atoms with Crippen LogP contribution >= 0.6 is 11.6 Å². The zero-order valence-corrected chi connectivity index (χ0v) is 16.0. The monoisotopic (exact) mass is 406 g/mol. The van der Waals surface area contributed by atoms with Gasteiger partial charge >= 0.3 is 5.97 Å². The van der Waals surface area contributed by atoms with Crippen LogP contribution in [0.25, 0.3) is 0 Å². The molecule has 0 saturated carbocycles. The fraction of sp³-hybridized carbons (Fsp3) is 0.368. The first-order valence-corrected chi connectivity index (χ1v) is 9.10. The Bertz CT molecular complexity index is 902. The van der Waals surface area contributed by atoms with Gasteiger partial charge in [0.25, 0.3) is 5.09 Å². The molecule has 0 amide bonds. The predicted molar refractivity (Wildman–Crippen MR) is 99.6 cm³/mol. The van der Waals surface area contributed by atoms with E-state index in [1.807, 2.05) is 12.1 Å². The highest BCUT2D eigenvalue weighted by Gasteiger charge is 2.38. The third-order valence-electron chi connectivity index (χ3n) is 4.90. The molecule has 0 aliphatic carbocycles. The van der Waals surface area contributed by atoms with Gasteiger partial charge in [-0.25, -0.2) is 4.79 Å². The Labute approximate surface area is 166 Å². The highest BCUT2D eigenvalue weighted by Crippen LogP contribution is 2.43. The van der Waals surface area contributed by atoms with Gasteiger partial charge in [-0.2, -0.15) is 0 Å². The van der Waals surface area contributed by atoms with Crippen molar-refractivity contribution in [2.24, 2.45) is 0 Å². The molecule has 3 atom stereocenters. The molecule has 1 aromatic heterocycles. The summed E-state index contributed by atoms with van der Waals surface area (Å²) in [5.41, 5.74) is 3.68. The quantitative estimate of drug-likeness (QED) is 0.549. The van der Waals surface area contributed by atoms with Gasteiger partial charge in [0.05, 0.1) is 6.61 Å². The van der Waals surface area contributed by atoms with Gasteiger partial charge in [0.2, 0.25) is 6.10 Å². The number of rotatable bonds is 7. The van der Waals surface area contributed by atoms with Crippen molar-refractivity contribution in [3.05, 3.63) is 73.5 Å². The number of hydrogen-bond donors (Lipinski definition) is 1. The average Bonchev–Trinajstić information content (AvgIpc) is 3.07. The van der Waals surface area contributed by atoms with Gasteiger partial charge in [-0.15, -0.1) is 10.1 Å². The zero-order valence-electron chi connectivity index (χ0n) is 15.3. The van der Waals surface area contributed by atoms with Crippen molar-refractivity contribution < 1.29 is 24.6 Å². The van der Waals surface area contributed by atoms with E-state index in [-0.39, 0.29) is 0 Å². The van der Waals surface area contributed by atoms with Crippen LogP contribution in [0.4, 0.5) is 0 Å². The molecule has 0 fully saturated rings. The summed E-state index contributed by atoms with van der Waals surface area (Å²) < 4.78 is 5.96. The molecule has 1 aliphatic rings. The summed E-state index contributed by atoms with van der Waals surface area (Å²) in [5, 5.41) is 19.9. The molecule has 0 radical (unpaired) electrons. The molecule has 0 spiro atoms. The maximum atomic E-state index is 11.7. The number of carboxylic acid groups (broad SMARTS) is 1. The fourth-order valence-corrected chi connectivity index (χ4v) is 3.81. The van der Waals surface area contributed by atoms with Gasteiger partial charge in [0.1, 0.15) is 6.10 Å². The van der Waals surface area contributed by atoms with Gasteiger partial charge in [0, 0.05) is 28.4 Å². The lowest BCUT2D eigenvalue weighted by molar-refractivity contribution is -0.765. The third kappa shape index (κ3) is 3.79. The minimum atomic E-state index is -1.64.